The zero-order chi connectivity index (χ0) is 13.0. The molecule has 2 aliphatic rings. The van der Waals surface area contributed by atoms with Crippen LogP contribution in [0.15, 0.2) is 0 Å². The van der Waals surface area contributed by atoms with Crippen LogP contribution in [-0.2, 0) is 14.3 Å². The van der Waals surface area contributed by atoms with Crippen LogP contribution in [0.5, 0.6) is 0 Å². The molecule has 2 fully saturated rings. The van der Waals surface area contributed by atoms with E-state index in [1.165, 1.54) is 32.8 Å². The van der Waals surface area contributed by atoms with Gasteiger partial charge < -0.3 is 15.4 Å². The third-order valence-electron chi connectivity index (χ3n) is 4.04. The molecule has 1 heterocycles. The molecular weight excluding hydrogens is 232 g/mol. The van der Waals surface area contributed by atoms with Gasteiger partial charge in [-0.05, 0) is 25.2 Å². The van der Waals surface area contributed by atoms with Gasteiger partial charge in [0.05, 0.1) is 19.6 Å². The monoisotopic (exact) mass is 254 g/mol. The van der Waals surface area contributed by atoms with E-state index in [-0.39, 0.29) is 24.3 Å². The third kappa shape index (κ3) is 3.22. The molecule has 3 atom stereocenters. The summed E-state index contributed by atoms with van der Waals surface area (Å²) in [6, 6.07) is 0.450. The van der Waals surface area contributed by atoms with Gasteiger partial charge in [0.2, 0.25) is 5.91 Å². The summed E-state index contributed by atoms with van der Waals surface area (Å²) in [4.78, 5) is 22.9. The maximum Gasteiger partial charge on any atom is 0.307 e. The number of esters is 1. The Balaban J connectivity index is 1.71. The number of ether oxygens (including phenoxy) is 1. The predicted octanol–water partition coefficient (Wildman–Crippen LogP) is 0.586. The molecule has 1 aliphatic heterocycles. The Bertz CT molecular complexity index is 305. The highest BCUT2D eigenvalue weighted by Gasteiger charge is 2.37. The molecule has 1 saturated carbocycles. The quantitative estimate of drug-likeness (QED) is 0.720. The second-order valence-corrected chi connectivity index (χ2v) is 5.22. The number of methoxy groups -OCH3 is 1. The van der Waals surface area contributed by atoms with Crippen LogP contribution < -0.4 is 10.6 Å². The van der Waals surface area contributed by atoms with E-state index < -0.39 is 0 Å². The van der Waals surface area contributed by atoms with Crippen LogP contribution in [0, 0.1) is 5.92 Å². The van der Waals surface area contributed by atoms with Crippen molar-refractivity contribution in [1.29, 1.82) is 0 Å². The van der Waals surface area contributed by atoms with Crippen molar-refractivity contribution in [2.45, 2.75) is 50.6 Å². The lowest BCUT2D eigenvalue weighted by Gasteiger charge is -2.24. The first kappa shape index (κ1) is 13.3. The highest BCUT2D eigenvalue weighted by molar-refractivity contribution is 5.82. The van der Waals surface area contributed by atoms with Gasteiger partial charge in [-0.1, -0.05) is 12.8 Å². The molecule has 5 heteroatoms. The molecule has 1 saturated heterocycles. The minimum absolute atomic E-state index is 0.0216. The summed E-state index contributed by atoms with van der Waals surface area (Å²) in [6.45, 7) is 0.360. The van der Waals surface area contributed by atoms with Gasteiger partial charge in [0.1, 0.15) is 0 Å². The van der Waals surface area contributed by atoms with E-state index in [2.05, 4.69) is 15.4 Å². The van der Waals surface area contributed by atoms with Gasteiger partial charge in [-0.15, -0.1) is 0 Å². The fourth-order valence-electron chi connectivity index (χ4n) is 3.03. The van der Waals surface area contributed by atoms with E-state index in [9.17, 15) is 9.59 Å². The summed E-state index contributed by atoms with van der Waals surface area (Å²) in [7, 11) is 1.35. The Hall–Kier alpha value is -1.10. The smallest absolute Gasteiger partial charge is 0.307 e. The predicted molar refractivity (Wildman–Crippen MR) is 66.9 cm³/mol. The molecule has 2 rings (SSSR count). The zero-order valence-corrected chi connectivity index (χ0v) is 10.9. The molecule has 0 spiro atoms. The first-order valence-electron chi connectivity index (χ1n) is 6.81. The number of rotatable bonds is 4. The van der Waals surface area contributed by atoms with Crippen LogP contribution in [-0.4, -0.2) is 37.6 Å². The van der Waals surface area contributed by atoms with Crippen molar-refractivity contribution in [3.63, 3.8) is 0 Å². The topological polar surface area (TPSA) is 67.4 Å². The van der Waals surface area contributed by atoms with Crippen molar-refractivity contribution in [1.82, 2.24) is 10.6 Å². The maximum absolute atomic E-state index is 11.9. The molecule has 0 bridgehead atoms. The first-order valence-corrected chi connectivity index (χ1v) is 6.81. The van der Waals surface area contributed by atoms with Gasteiger partial charge in [-0.3, -0.25) is 9.59 Å². The average molecular weight is 254 g/mol. The van der Waals surface area contributed by atoms with E-state index in [1.807, 2.05) is 0 Å². The number of amides is 1. The maximum atomic E-state index is 11.9. The molecule has 1 aliphatic carbocycles. The van der Waals surface area contributed by atoms with E-state index in [0.29, 0.717) is 18.5 Å². The number of hydrogen-bond acceptors (Lipinski definition) is 4. The van der Waals surface area contributed by atoms with Crippen molar-refractivity contribution in [3.8, 4) is 0 Å². The lowest BCUT2D eigenvalue weighted by Crippen LogP contribution is -2.43. The molecule has 0 radical (unpaired) electrons. The fourth-order valence-corrected chi connectivity index (χ4v) is 3.03. The average Bonchev–Trinajstić information content (AvgIpc) is 2.82. The van der Waals surface area contributed by atoms with Gasteiger partial charge in [-0.25, -0.2) is 0 Å². The van der Waals surface area contributed by atoms with Gasteiger partial charge >= 0.3 is 5.97 Å². The van der Waals surface area contributed by atoms with Crippen molar-refractivity contribution < 1.29 is 14.3 Å². The standard InChI is InChI=1S/C13H22N2O3/c1-18-12(16)6-7-14-13(17)11-8-9-4-2-3-5-10(9)15-11/h9-11,15H,2-8H2,1H3,(H,14,17). The minimum atomic E-state index is -0.289. The summed E-state index contributed by atoms with van der Waals surface area (Å²) in [5.74, 6) is 0.395. The normalized spacial score (nSPS) is 30.6. The van der Waals surface area contributed by atoms with Gasteiger partial charge in [0, 0.05) is 12.6 Å². The summed E-state index contributed by atoms with van der Waals surface area (Å²) in [5.41, 5.74) is 0. The summed E-state index contributed by atoms with van der Waals surface area (Å²) in [5, 5.41) is 6.21. The molecule has 0 aromatic heterocycles. The van der Waals surface area contributed by atoms with Crippen molar-refractivity contribution in [2.75, 3.05) is 13.7 Å². The van der Waals surface area contributed by atoms with Crippen LogP contribution in [0.25, 0.3) is 0 Å². The Labute approximate surface area is 108 Å². The van der Waals surface area contributed by atoms with Crippen LogP contribution >= 0.6 is 0 Å². The largest absolute Gasteiger partial charge is 0.469 e. The Morgan fingerprint density at radius 1 is 1.33 bits per heavy atom. The molecule has 18 heavy (non-hydrogen) atoms. The number of fused-ring (bicyclic) bond motifs is 1. The molecule has 1 amide bonds. The van der Waals surface area contributed by atoms with Gasteiger partial charge in [0.15, 0.2) is 0 Å². The summed E-state index contributed by atoms with van der Waals surface area (Å²) in [6.07, 6.45) is 6.17. The molecule has 3 unspecified atom stereocenters. The summed E-state index contributed by atoms with van der Waals surface area (Å²) < 4.78 is 4.53. The lowest BCUT2D eigenvalue weighted by atomic mass is 9.85. The first-order chi connectivity index (χ1) is 8.70. The van der Waals surface area contributed by atoms with E-state index in [4.69, 9.17) is 0 Å². The molecule has 2 N–H and O–H groups in total. The van der Waals surface area contributed by atoms with Crippen LogP contribution in [0.4, 0.5) is 0 Å². The molecule has 5 nitrogen and oxygen atoms in total. The molecular formula is C13H22N2O3. The highest BCUT2D eigenvalue weighted by Crippen LogP contribution is 2.33. The van der Waals surface area contributed by atoms with Crippen molar-refractivity contribution in [2.24, 2.45) is 5.92 Å². The van der Waals surface area contributed by atoms with Gasteiger partial charge in [0.25, 0.3) is 0 Å². The van der Waals surface area contributed by atoms with Crippen LogP contribution in [0.3, 0.4) is 0 Å². The van der Waals surface area contributed by atoms with Gasteiger partial charge in [-0.2, -0.15) is 0 Å². The number of hydrogen-bond donors (Lipinski definition) is 2. The molecule has 102 valence electrons. The number of carbonyl (C=O) groups is 2. The van der Waals surface area contributed by atoms with E-state index in [1.54, 1.807) is 0 Å². The fraction of sp³-hybridized carbons (Fsp3) is 0.846. The zero-order valence-electron chi connectivity index (χ0n) is 10.9. The Kier molecular flexibility index (Phi) is 4.58. The van der Waals surface area contributed by atoms with Crippen LogP contribution in [0.1, 0.15) is 38.5 Å². The minimum Gasteiger partial charge on any atom is -0.469 e. The van der Waals surface area contributed by atoms with Crippen molar-refractivity contribution in [3.05, 3.63) is 0 Å². The molecule has 0 aromatic rings. The highest BCUT2D eigenvalue weighted by atomic mass is 16.5. The SMILES string of the molecule is COC(=O)CCNC(=O)C1CC2CCCCC2N1. The van der Waals surface area contributed by atoms with Crippen molar-refractivity contribution >= 4 is 11.9 Å². The Morgan fingerprint density at radius 3 is 2.83 bits per heavy atom. The lowest BCUT2D eigenvalue weighted by molar-refractivity contribution is -0.140. The second kappa shape index (κ2) is 6.18. The van der Waals surface area contributed by atoms with E-state index in [0.717, 1.165) is 6.42 Å². The van der Waals surface area contributed by atoms with Crippen LogP contribution in [0.2, 0.25) is 0 Å². The number of nitrogens with one attached hydrogen (secondary N) is 2. The third-order valence-corrected chi connectivity index (χ3v) is 4.04. The number of carbonyl (C=O) groups excluding carboxylic acids is 2. The second-order valence-electron chi connectivity index (χ2n) is 5.22. The van der Waals surface area contributed by atoms with E-state index >= 15 is 0 Å². The molecule has 0 aromatic carbocycles. The Morgan fingerprint density at radius 2 is 2.11 bits per heavy atom. The summed E-state index contributed by atoms with van der Waals surface area (Å²) >= 11 is 0.